The monoisotopic (exact) mass is 221 g/mol. The summed E-state index contributed by atoms with van der Waals surface area (Å²) in [6.45, 7) is 9.41. The molecule has 0 saturated carbocycles. The van der Waals surface area contributed by atoms with E-state index in [0.29, 0.717) is 11.3 Å². The standard InChI is InChI=1S/C13H19NO2/c1-7(2)11-6-10(9(5)15)13(16)12(14-11)8(3)4/h6-8,16H,1-5H3. The normalized spacial score (nSPS) is 11.2. The maximum atomic E-state index is 11.4. The molecule has 0 aliphatic carbocycles. The smallest absolute Gasteiger partial charge is 0.163 e. The highest BCUT2D eigenvalue weighted by molar-refractivity contribution is 5.97. The van der Waals surface area contributed by atoms with Crippen molar-refractivity contribution in [3.05, 3.63) is 23.0 Å². The topological polar surface area (TPSA) is 50.2 Å². The Morgan fingerprint density at radius 2 is 1.81 bits per heavy atom. The molecule has 0 radical (unpaired) electrons. The summed E-state index contributed by atoms with van der Waals surface area (Å²) in [5.41, 5.74) is 1.84. The summed E-state index contributed by atoms with van der Waals surface area (Å²) in [6.07, 6.45) is 0. The summed E-state index contributed by atoms with van der Waals surface area (Å²) >= 11 is 0. The zero-order chi connectivity index (χ0) is 12.5. The van der Waals surface area contributed by atoms with Crippen LogP contribution < -0.4 is 0 Å². The van der Waals surface area contributed by atoms with Gasteiger partial charge in [0.2, 0.25) is 0 Å². The van der Waals surface area contributed by atoms with Crippen molar-refractivity contribution in [2.75, 3.05) is 0 Å². The molecule has 1 heterocycles. The first-order valence-corrected chi connectivity index (χ1v) is 5.59. The van der Waals surface area contributed by atoms with E-state index in [1.54, 1.807) is 6.07 Å². The number of rotatable bonds is 3. The van der Waals surface area contributed by atoms with E-state index in [1.165, 1.54) is 6.92 Å². The van der Waals surface area contributed by atoms with Gasteiger partial charge in [-0.2, -0.15) is 0 Å². The number of aromatic hydroxyl groups is 1. The Balaban J connectivity index is 3.45. The Morgan fingerprint density at radius 3 is 2.19 bits per heavy atom. The Kier molecular flexibility index (Phi) is 3.68. The number of aromatic nitrogens is 1. The molecule has 0 unspecified atom stereocenters. The minimum absolute atomic E-state index is 0.0342. The maximum absolute atomic E-state index is 11.4. The minimum atomic E-state index is -0.122. The summed E-state index contributed by atoms with van der Waals surface area (Å²) in [7, 11) is 0. The minimum Gasteiger partial charge on any atom is -0.505 e. The molecule has 88 valence electrons. The number of ketones is 1. The predicted octanol–water partition coefficient (Wildman–Crippen LogP) is 3.24. The first-order chi connectivity index (χ1) is 7.34. The summed E-state index contributed by atoms with van der Waals surface area (Å²) in [6, 6.07) is 1.69. The number of Topliss-reactive ketones (excluding diaryl/α,β-unsaturated/α-hetero) is 1. The van der Waals surface area contributed by atoms with Crippen LogP contribution in [0.5, 0.6) is 5.75 Å². The second kappa shape index (κ2) is 4.64. The Bertz CT molecular complexity index is 409. The van der Waals surface area contributed by atoms with Crippen LogP contribution in [0.2, 0.25) is 0 Å². The van der Waals surface area contributed by atoms with Gasteiger partial charge < -0.3 is 5.11 Å². The molecule has 3 heteroatoms. The van der Waals surface area contributed by atoms with Gasteiger partial charge in [-0.3, -0.25) is 9.78 Å². The third-order valence-corrected chi connectivity index (χ3v) is 2.56. The zero-order valence-corrected chi connectivity index (χ0v) is 10.5. The predicted molar refractivity (Wildman–Crippen MR) is 64.1 cm³/mol. The Hall–Kier alpha value is -1.38. The largest absolute Gasteiger partial charge is 0.505 e. The summed E-state index contributed by atoms with van der Waals surface area (Å²) in [4.78, 5) is 15.8. The number of nitrogens with zero attached hydrogens (tertiary/aromatic N) is 1. The third-order valence-electron chi connectivity index (χ3n) is 2.56. The first-order valence-electron chi connectivity index (χ1n) is 5.59. The van der Waals surface area contributed by atoms with E-state index in [9.17, 15) is 9.90 Å². The van der Waals surface area contributed by atoms with Gasteiger partial charge in [0.15, 0.2) is 5.78 Å². The van der Waals surface area contributed by atoms with Crippen molar-refractivity contribution in [1.29, 1.82) is 0 Å². The van der Waals surface area contributed by atoms with Gasteiger partial charge in [0.05, 0.1) is 11.3 Å². The molecule has 1 aromatic heterocycles. The highest BCUT2D eigenvalue weighted by Gasteiger charge is 2.18. The fraction of sp³-hybridized carbons (Fsp3) is 0.538. The molecular formula is C13H19NO2. The van der Waals surface area contributed by atoms with Crippen LogP contribution in [0.15, 0.2) is 6.07 Å². The average Bonchev–Trinajstić information content (AvgIpc) is 2.16. The third kappa shape index (κ3) is 2.40. The van der Waals surface area contributed by atoms with E-state index >= 15 is 0 Å². The molecule has 0 atom stereocenters. The Labute approximate surface area is 96.5 Å². The van der Waals surface area contributed by atoms with Crippen molar-refractivity contribution < 1.29 is 9.90 Å². The van der Waals surface area contributed by atoms with Gasteiger partial charge in [-0.15, -0.1) is 0 Å². The van der Waals surface area contributed by atoms with E-state index in [0.717, 1.165) is 5.69 Å². The lowest BCUT2D eigenvalue weighted by Crippen LogP contribution is -2.05. The number of hydrogen-bond donors (Lipinski definition) is 1. The van der Waals surface area contributed by atoms with Crippen molar-refractivity contribution in [1.82, 2.24) is 4.98 Å². The number of carbonyl (C=O) groups is 1. The quantitative estimate of drug-likeness (QED) is 0.797. The van der Waals surface area contributed by atoms with E-state index in [1.807, 2.05) is 27.7 Å². The summed E-state index contributed by atoms with van der Waals surface area (Å²) in [5.74, 6) is 0.267. The molecule has 0 aliphatic heterocycles. The van der Waals surface area contributed by atoms with Gasteiger partial charge in [-0.1, -0.05) is 27.7 Å². The molecule has 0 fully saturated rings. The molecule has 0 bridgehead atoms. The first kappa shape index (κ1) is 12.7. The molecule has 0 amide bonds. The number of hydrogen-bond acceptors (Lipinski definition) is 3. The maximum Gasteiger partial charge on any atom is 0.163 e. The zero-order valence-electron chi connectivity index (χ0n) is 10.5. The second-order valence-corrected chi connectivity index (χ2v) is 4.69. The molecule has 16 heavy (non-hydrogen) atoms. The molecule has 1 rings (SSSR count). The van der Waals surface area contributed by atoms with Crippen LogP contribution in [0.25, 0.3) is 0 Å². The Morgan fingerprint density at radius 1 is 1.25 bits per heavy atom. The fourth-order valence-corrected chi connectivity index (χ4v) is 1.55. The molecule has 3 nitrogen and oxygen atoms in total. The highest BCUT2D eigenvalue weighted by Crippen LogP contribution is 2.30. The fourth-order valence-electron chi connectivity index (χ4n) is 1.55. The van der Waals surface area contributed by atoms with Crippen molar-refractivity contribution in [3.63, 3.8) is 0 Å². The van der Waals surface area contributed by atoms with E-state index in [2.05, 4.69) is 4.98 Å². The van der Waals surface area contributed by atoms with Crippen LogP contribution >= 0.6 is 0 Å². The molecule has 0 spiro atoms. The second-order valence-electron chi connectivity index (χ2n) is 4.69. The van der Waals surface area contributed by atoms with Crippen LogP contribution in [0.1, 0.15) is 68.2 Å². The van der Waals surface area contributed by atoms with Crippen molar-refractivity contribution >= 4 is 5.78 Å². The molecule has 0 aliphatic rings. The van der Waals surface area contributed by atoms with Crippen molar-refractivity contribution in [2.45, 2.75) is 46.5 Å². The molecule has 1 N–H and O–H groups in total. The number of carbonyl (C=O) groups excluding carboxylic acids is 1. The van der Waals surface area contributed by atoms with Crippen molar-refractivity contribution in [3.8, 4) is 5.75 Å². The van der Waals surface area contributed by atoms with Crippen LogP contribution in [0, 0.1) is 0 Å². The van der Waals surface area contributed by atoms with Gasteiger partial charge in [0.1, 0.15) is 5.75 Å². The van der Waals surface area contributed by atoms with Crippen molar-refractivity contribution in [2.24, 2.45) is 0 Å². The van der Waals surface area contributed by atoms with Gasteiger partial charge in [0.25, 0.3) is 0 Å². The average molecular weight is 221 g/mol. The summed E-state index contributed by atoms with van der Waals surface area (Å²) < 4.78 is 0. The van der Waals surface area contributed by atoms with Gasteiger partial charge >= 0.3 is 0 Å². The molecule has 0 saturated heterocycles. The van der Waals surface area contributed by atoms with Crippen LogP contribution in [-0.2, 0) is 0 Å². The van der Waals surface area contributed by atoms with Gasteiger partial charge in [-0.05, 0) is 24.8 Å². The van der Waals surface area contributed by atoms with Crippen LogP contribution in [-0.4, -0.2) is 15.9 Å². The van der Waals surface area contributed by atoms with Gasteiger partial charge in [0, 0.05) is 5.69 Å². The SMILES string of the molecule is CC(=O)c1cc(C(C)C)nc(C(C)C)c1O. The van der Waals surface area contributed by atoms with Gasteiger partial charge in [-0.25, -0.2) is 0 Å². The van der Waals surface area contributed by atoms with E-state index < -0.39 is 0 Å². The molecule has 1 aromatic rings. The van der Waals surface area contributed by atoms with E-state index in [4.69, 9.17) is 0 Å². The highest BCUT2D eigenvalue weighted by atomic mass is 16.3. The van der Waals surface area contributed by atoms with E-state index in [-0.39, 0.29) is 23.4 Å². The lowest BCUT2D eigenvalue weighted by molar-refractivity contribution is 0.101. The van der Waals surface area contributed by atoms with Crippen LogP contribution in [0.4, 0.5) is 0 Å². The molecule has 0 aromatic carbocycles. The lowest BCUT2D eigenvalue weighted by Gasteiger charge is -2.14. The lowest BCUT2D eigenvalue weighted by atomic mass is 9.99. The molecular weight excluding hydrogens is 202 g/mol. The van der Waals surface area contributed by atoms with Crippen LogP contribution in [0.3, 0.4) is 0 Å². The number of pyridine rings is 1. The summed E-state index contributed by atoms with van der Waals surface area (Å²) in [5, 5.41) is 9.95.